The molecule has 0 aliphatic heterocycles. The van der Waals surface area contributed by atoms with Crippen molar-refractivity contribution in [3.63, 3.8) is 0 Å². The van der Waals surface area contributed by atoms with Gasteiger partial charge in [0.1, 0.15) is 0 Å². The van der Waals surface area contributed by atoms with Gasteiger partial charge >= 0.3 is 0 Å². The van der Waals surface area contributed by atoms with E-state index in [1.807, 2.05) is 6.92 Å². The first kappa shape index (κ1) is 11.7. The van der Waals surface area contributed by atoms with Crippen molar-refractivity contribution < 1.29 is 5.11 Å². The lowest BCUT2D eigenvalue weighted by atomic mass is 9.79. The van der Waals surface area contributed by atoms with Gasteiger partial charge in [-0.15, -0.1) is 0 Å². The van der Waals surface area contributed by atoms with Crippen LogP contribution < -0.4 is 0 Å². The molecule has 1 aromatic carbocycles. The summed E-state index contributed by atoms with van der Waals surface area (Å²) in [4.78, 5) is 0. The minimum Gasteiger partial charge on any atom is -0.393 e. The van der Waals surface area contributed by atoms with E-state index in [9.17, 15) is 5.11 Å². The van der Waals surface area contributed by atoms with Gasteiger partial charge in [0.15, 0.2) is 0 Å². The van der Waals surface area contributed by atoms with Gasteiger partial charge in [0.25, 0.3) is 0 Å². The minimum absolute atomic E-state index is 0.245. The van der Waals surface area contributed by atoms with Crippen molar-refractivity contribution in [2.45, 2.75) is 52.1 Å². The molecule has 1 aromatic rings. The van der Waals surface area contributed by atoms with E-state index >= 15 is 0 Å². The fraction of sp³-hybridized carbons (Fsp3) is 0.600. The normalized spacial score (nSPS) is 24.2. The molecule has 0 spiro atoms. The third-order valence-electron chi connectivity index (χ3n) is 4.15. The Kier molecular flexibility index (Phi) is 2.83. The quantitative estimate of drug-likeness (QED) is 0.809. The monoisotopic (exact) mass is 218 g/mol. The second-order valence-electron chi connectivity index (χ2n) is 5.87. The Morgan fingerprint density at radius 3 is 2.75 bits per heavy atom. The van der Waals surface area contributed by atoms with Crippen molar-refractivity contribution in [1.29, 1.82) is 0 Å². The molecule has 1 nitrogen and oxygen atoms in total. The Bertz CT molecular complexity index is 390. The van der Waals surface area contributed by atoms with E-state index in [0.717, 1.165) is 6.42 Å². The zero-order valence-corrected chi connectivity index (χ0v) is 10.7. The van der Waals surface area contributed by atoms with Crippen molar-refractivity contribution in [1.82, 2.24) is 0 Å². The fourth-order valence-corrected chi connectivity index (χ4v) is 2.76. The van der Waals surface area contributed by atoms with E-state index < -0.39 is 0 Å². The lowest BCUT2D eigenvalue weighted by Gasteiger charge is -2.25. The van der Waals surface area contributed by atoms with E-state index in [2.05, 4.69) is 39.0 Å². The molecule has 1 aliphatic carbocycles. The largest absolute Gasteiger partial charge is 0.393 e. The van der Waals surface area contributed by atoms with Crippen molar-refractivity contribution in [2.75, 3.05) is 0 Å². The molecule has 0 bridgehead atoms. The Morgan fingerprint density at radius 1 is 1.44 bits per heavy atom. The highest BCUT2D eigenvalue weighted by atomic mass is 16.3. The molecule has 88 valence electrons. The van der Waals surface area contributed by atoms with Crippen molar-refractivity contribution in [3.8, 4) is 0 Å². The molecule has 2 atom stereocenters. The molecule has 0 aromatic heterocycles. The Labute approximate surface area is 98.5 Å². The van der Waals surface area contributed by atoms with Gasteiger partial charge in [0.2, 0.25) is 0 Å². The Balaban J connectivity index is 2.33. The number of aliphatic hydroxyl groups is 1. The summed E-state index contributed by atoms with van der Waals surface area (Å²) in [7, 11) is 0. The molecular formula is C15H22O. The van der Waals surface area contributed by atoms with Gasteiger partial charge in [-0.25, -0.2) is 0 Å². The maximum atomic E-state index is 9.41. The first-order valence-corrected chi connectivity index (χ1v) is 6.21. The van der Waals surface area contributed by atoms with Crippen LogP contribution in [0.15, 0.2) is 18.2 Å². The lowest BCUT2D eigenvalue weighted by molar-refractivity contribution is 0.195. The van der Waals surface area contributed by atoms with Crippen LogP contribution in [0.2, 0.25) is 0 Å². The smallest absolute Gasteiger partial charge is 0.0552 e. The maximum Gasteiger partial charge on any atom is 0.0552 e. The average molecular weight is 218 g/mol. The number of rotatable bonds is 2. The van der Waals surface area contributed by atoms with Crippen LogP contribution >= 0.6 is 0 Å². The summed E-state index contributed by atoms with van der Waals surface area (Å²) in [6, 6.07) is 6.72. The van der Waals surface area contributed by atoms with Crippen LogP contribution in [0.4, 0.5) is 0 Å². The van der Waals surface area contributed by atoms with Crippen molar-refractivity contribution >= 4 is 0 Å². The van der Waals surface area contributed by atoms with Crippen LogP contribution in [-0.2, 0) is 18.3 Å². The molecule has 2 rings (SSSR count). The van der Waals surface area contributed by atoms with Crippen LogP contribution in [0.5, 0.6) is 0 Å². The van der Waals surface area contributed by atoms with E-state index in [1.54, 1.807) is 0 Å². The van der Waals surface area contributed by atoms with Gasteiger partial charge in [-0.05, 0) is 47.8 Å². The Morgan fingerprint density at radius 2 is 2.12 bits per heavy atom. The molecule has 2 unspecified atom stereocenters. The van der Waals surface area contributed by atoms with Gasteiger partial charge in [0.05, 0.1) is 6.10 Å². The molecule has 0 heterocycles. The molecule has 0 saturated carbocycles. The summed E-state index contributed by atoms with van der Waals surface area (Å²) in [5.41, 5.74) is 4.54. The second kappa shape index (κ2) is 3.89. The van der Waals surface area contributed by atoms with Crippen LogP contribution in [0.3, 0.4) is 0 Å². The fourth-order valence-electron chi connectivity index (χ4n) is 2.76. The van der Waals surface area contributed by atoms with Crippen LogP contribution in [0, 0.1) is 5.92 Å². The van der Waals surface area contributed by atoms with E-state index in [0.29, 0.717) is 11.3 Å². The highest BCUT2D eigenvalue weighted by Crippen LogP contribution is 2.42. The summed E-state index contributed by atoms with van der Waals surface area (Å²) in [5.74, 6) is 0.712. The number of benzene rings is 1. The first-order valence-electron chi connectivity index (χ1n) is 6.21. The molecule has 1 aliphatic rings. The molecule has 1 N–H and O–H groups in total. The van der Waals surface area contributed by atoms with Gasteiger partial charge in [0, 0.05) is 0 Å². The van der Waals surface area contributed by atoms with Gasteiger partial charge in [-0.1, -0.05) is 39.0 Å². The highest BCUT2D eigenvalue weighted by molar-refractivity contribution is 5.42. The maximum absolute atomic E-state index is 9.41. The topological polar surface area (TPSA) is 20.2 Å². The molecule has 16 heavy (non-hydrogen) atoms. The Hall–Kier alpha value is -0.820. The third-order valence-corrected chi connectivity index (χ3v) is 4.15. The zero-order valence-electron chi connectivity index (χ0n) is 10.7. The van der Waals surface area contributed by atoms with Crippen LogP contribution in [0.1, 0.15) is 44.4 Å². The predicted octanol–water partition coefficient (Wildman–Crippen LogP) is 3.08. The molecule has 0 amide bonds. The zero-order chi connectivity index (χ0) is 11.9. The summed E-state index contributed by atoms with van der Waals surface area (Å²) < 4.78 is 0. The van der Waals surface area contributed by atoms with E-state index in [1.165, 1.54) is 23.1 Å². The van der Waals surface area contributed by atoms with E-state index in [4.69, 9.17) is 0 Å². The molecule has 1 heteroatoms. The number of hydrogen-bond acceptors (Lipinski definition) is 1. The van der Waals surface area contributed by atoms with Crippen LogP contribution in [0.25, 0.3) is 0 Å². The highest BCUT2D eigenvalue weighted by Gasteiger charge is 2.36. The minimum atomic E-state index is -0.245. The second-order valence-corrected chi connectivity index (χ2v) is 5.87. The SMILES string of the molecule is CC(O)Cc1ccc2c(c1)CC(C)C2(C)C. The lowest BCUT2D eigenvalue weighted by Crippen LogP contribution is -2.21. The van der Waals surface area contributed by atoms with Crippen molar-refractivity contribution in [2.24, 2.45) is 5.92 Å². The van der Waals surface area contributed by atoms with Gasteiger partial charge in [-0.3, -0.25) is 0 Å². The number of fused-ring (bicyclic) bond motifs is 1. The summed E-state index contributed by atoms with van der Waals surface area (Å²) in [6.07, 6.45) is 1.70. The third kappa shape index (κ3) is 1.89. The predicted molar refractivity (Wildman–Crippen MR) is 67.7 cm³/mol. The van der Waals surface area contributed by atoms with E-state index in [-0.39, 0.29) is 6.10 Å². The summed E-state index contributed by atoms with van der Waals surface area (Å²) >= 11 is 0. The average Bonchev–Trinajstić information content (AvgIpc) is 2.36. The number of aliphatic hydroxyl groups excluding tert-OH is 1. The molecular weight excluding hydrogens is 196 g/mol. The summed E-state index contributed by atoms with van der Waals surface area (Å²) in [5, 5.41) is 9.41. The van der Waals surface area contributed by atoms with Gasteiger partial charge < -0.3 is 5.11 Å². The molecule has 0 fully saturated rings. The molecule has 0 saturated heterocycles. The molecule has 0 radical (unpaired) electrons. The van der Waals surface area contributed by atoms with Gasteiger partial charge in [-0.2, -0.15) is 0 Å². The standard InChI is InChI=1S/C15H22O/c1-10-7-13-9-12(8-11(2)16)5-6-14(13)15(10,3)4/h5-6,9-11,16H,7-8H2,1-4H3. The van der Waals surface area contributed by atoms with Crippen LogP contribution in [-0.4, -0.2) is 11.2 Å². The summed E-state index contributed by atoms with van der Waals surface area (Å²) in [6.45, 7) is 8.84. The number of hydrogen-bond donors (Lipinski definition) is 1. The first-order chi connectivity index (χ1) is 7.41. The van der Waals surface area contributed by atoms with Crippen molar-refractivity contribution in [3.05, 3.63) is 34.9 Å².